The predicted octanol–water partition coefficient (Wildman–Crippen LogP) is 4.95. The van der Waals surface area contributed by atoms with Crippen molar-refractivity contribution in [1.29, 1.82) is 5.26 Å². The Hall–Kier alpha value is -2.68. The Morgan fingerprint density at radius 3 is 2.12 bits per heavy atom. The van der Waals surface area contributed by atoms with Gasteiger partial charge in [0.2, 0.25) is 5.91 Å². The van der Waals surface area contributed by atoms with Gasteiger partial charge in [0.1, 0.15) is 0 Å². The van der Waals surface area contributed by atoms with Crippen LogP contribution in [0.5, 0.6) is 0 Å². The maximum Gasteiger partial charge on any atom is 0.238 e. The second-order valence-electron chi connectivity index (χ2n) is 9.38. The maximum atomic E-state index is 13.0. The van der Waals surface area contributed by atoms with E-state index >= 15 is 0 Å². The summed E-state index contributed by atoms with van der Waals surface area (Å²) in [6, 6.07) is 16.3. The summed E-state index contributed by atoms with van der Waals surface area (Å²) in [5.74, 6) is 0.788. The SMILES string of the molecule is CC(C)c1cccc(C(C)C)c1NC(=O)CN1CCCN(Cc2ccc(C#N)cc2)CC1. The topological polar surface area (TPSA) is 59.4 Å². The molecular weight excluding hydrogens is 396 g/mol. The van der Waals surface area contributed by atoms with Gasteiger partial charge in [0.25, 0.3) is 0 Å². The zero-order chi connectivity index (χ0) is 23.1. The number of carbonyl (C=O) groups is 1. The number of nitrogens with one attached hydrogen (secondary N) is 1. The van der Waals surface area contributed by atoms with Gasteiger partial charge in [-0.2, -0.15) is 5.26 Å². The molecule has 0 spiro atoms. The molecule has 0 aromatic heterocycles. The molecule has 5 nitrogen and oxygen atoms in total. The molecule has 1 aliphatic rings. The fraction of sp³-hybridized carbons (Fsp3) is 0.481. The minimum atomic E-state index is 0.0699. The standard InChI is InChI=1S/C27H36N4O/c1-20(2)24-7-5-8-25(21(3)4)27(24)29-26(32)19-31-14-6-13-30(15-16-31)18-23-11-9-22(17-28)10-12-23/h5,7-12,20-21H,6,13-16,18-19H2,1-4H3,(H,29,32). The van der Waals surface area contributed by atoms with Gasteiger partial charge in [-0.25, -0.2) is 0 Å². The third-order valence-electron chi connectivity index (χ3n) is 6.17. The summed E-state index contributed by atoms with van der Waals surface area (Å²) < 4.78 is 0. The number of anilines is 1. The van der Waals surface area contributed by atoms with Gasteiger partial charge in [-0.15, -0.1) is 0 Å². The van der Waals surface area contributed by atoms with Gasteiger partial charge in [0.05, 0.1) is 18.2 Å². The molecule has 0 radical (unpaired) electrons. The molecule has 5 heteroatoms. The lowest BCUT2D eigenvalue weighted by Gasteiger charge is -2.23. The smallest absolute Gasteiger partial charge is 0.238 e. The largest absolute Gasteiger partial charge is 0.324 e. The molecular formula is C27H36N4O. The summed E-state index contributed by atoms with van der Waals surface area (Å²) in [5.41, 5.74) is 5.32. The van der Waals surface area contributed by atoms with Crippen molar-refractivity contribution < 1.29 is 4.79 Å². The van der Waals surface area contributed by atoms with E-state index in [0.717, 1.165) is 44.8 Å². The lowest BCUT2D eigenvalue weighted by Crippen LogP contribution is -2.36. The monoisotopic (exact) mass is 432 g/mol. The van der Waals surface area contributed by atoms with Crippen LogP contribution in [0, 0.1) is 11.3 Å². The molecule has 2 aromatic rings. The highest BCUT2D eigenvalue weighted by molar-refractivity contribution is 5.94. The number of para-hydroxylation sites is 1. The molecule has 1 heterocycles. The van der Waals surface area contributed by atoms with Crippen LogP contribution in [0.25, 0.3) is 0 Å². The molecule has 32 heavy (non-hydrogen) atoms. The van der Waals surface area contributed by atoms with E-state index in [9.17, 15) is 4.79 Å². The van der Waals surface area contributed by atoms with Crippen LogP contribution in [0.15, 0.2) is 42.5 Å². The van der Waals surface area contributed by atoms with E-state index in [-0.39, 0.29) is 5.91 Å². The van der Waals surface area contributed by atoms with Gasteiger partial charge in [-0.3, -0.25) is 14.6 Å². The summed E-state index contributed by atoms with van der Waals surface area (Å²) >= 11 is 0. The first-order chi connectivity index (χ1) is 15.4. The summed E-state index contributed by atoms with van der Waals surface area (Å²) in [7, 11) is 0. The Kier molecular flexibility index (Phi) is 8.44. The van der Waals surface area contributed by atoms with Crippen molar-refractivity contribution >= 4 is 11.6 Å². The van der Waals surface area contributed by atoms with Crippen molar-refractivity contribution in [2.75, 3.05) is 38.0 Å². The van der Waals surface area contributed by atoms with Crippen molar-refractivity contribution in [3.05, 3.63) is 64.7 Å². The van der Waals surface area contributed by atoms with Crippen LogP contribution in [0.4, 0.5) is 5.69 Å². The predicted molar refractivity (Wildman–Crippen MR) is 131 cm³/mol. The molecule has 0 aliphatic carbocycles. The Bertz CT molecular complexity index is 917. The fourth-order valence-electron chi connectivity index (χ4n) is 4.36. The first-order valence-corrected chi connectivity index (χ1v) is 11.7. The van der Waals surface area contributed by atoms with Gasteiger partial charge in [-0.05, 0) is 60.2 Å². The minimum Gasteiger partial charge on any atom is -0.324 e. The second kappa shape index (κ2) is 11.3. The van der Waals surface area contributed by atoms with Crippen molar-refractivity contribution in [2.24, 2.45) is 0 Å². The van der Waals surface area contributed by atoms with Gasteiger partial charge in [0.15, 0.2) is 0 Å². The molecule has 2 aromatic carbocycles. The van der Waals surface area contributed by atoms with Gasteiger partial charge < -0.3 is 5.32 Å². The van der Waals surface area contributed by atoms with Gasteiger partial charge >= 0.3 is 0 Å². The average Bonchev–Trinajstić information content (AvgIpc) is 2.99. The van der Waals surface area contributed by atoms with Crippen LogP contribution in [0.1, 0.15) is 68.2 Å². The molecule has 0 atom stereocenters. The molecule has 1 aliphatic heterocycles. The van der Waals surface area contributed by atoms with Crippen molar-refractivity contribution in [1.82, 2.24) is 9.80 Å². The van der Waals surface area contributed by atoms with E-state index in [4.69, 9.17) is 5.26 Å². The summed E-state index contributed by atoms with van der Waals surface area (Å²) in [6.45, 7) is 13.8. The summed E-state index contributed by atoms with van der Waals surface area (Å²) in [4.78, 5) is 17.7. The van der Waals surface area contributed by atoms with Gasteiger partial charge in [-0.1, -0.05) is 58.0 Å². The molecule has 1 N–H and O–H groups in total. The molecule has 1 saturated heterocycles. The average molecular weight is 433 g/mol. The number of hydrogen-bond donors (Lipinski definition) is 1. The molecule has 0 saturated carbocycles. The van der Waals surface area contributed by atoms with Crippen LogP contribution >= 0.6 is 0 Å². The third-order valence-corrected chi connectivity index (χ3v) is 6.17. The zero-order valence-corrected chi connectivity index (χ0v) is 19.9. The molecule has 3 rings (SSSR count). The number of amides is 1. The summed E-state index contributed by atoms with van der Waals surface area (Å²) in [6.07, 6.45) is 1.05. The highest BCUT2D eigenvalue weighted by atomic mass is 16.2. The minimum absolute atomic E-state index is 0.0699. The van der Waals surface area contributed by atoms with E-state index in [2.05, 4.69) is 67.1 Å². The molecule has 1 fully saturated rings. The third kappa shape index (κ3) is 6.41. The number of carbonyl (C=O) groups excluding carboxylic acids is 1. The van der Waals surface area contributed by atoms with Crippen LogP contribution in [0.3, 0.4) is 0 Å². The van der Waals surface area contributed by atoms with Crippen molar-refractivity contribution in [2.45, 2.75) is 52.5 Å². The van der Waals surface area contributed by atoms with Gasteiger partial charge in [0, 0.05) is 25.3 Å². The van der Waals surface area contributed by atoms with Crippen LogP contribution in [-0.4, -0.2) is 48.4 Å². The fourth-order valence-corrected chi connectivity index (χ4v) is 4.36. The Balaban J connectivity index is 1.58. The lowest BCUT2D eigenvalue weighted by molar-refractivity contribution is -0.117. The Labute approximate surface area is 193 Å². The quantitative estimate of drug-likeness (QED) is 0.672. The number of hydrogen-bond acceptors (Lipinski definition) is 4. The van der Waals surface area contributed by atoms with E-state index in [0.29, 0.717) is 23.9 Å². The van der Waals surface area contributed by atoms with E-state index < -0.39 is 0 Å². The summed E-state index contributed by atoms with van der Waals surface area (Å²) in [5, 5.41) is 12.2. The number of nitriles is 1. The van der Waals surface area contributed by atoms with Crippen molar-refractivity contribution in [3.8, 4) is 6.07 Å². The Morgan fingerprint density at radius 2 is 1.53 bits per heavy atom. The van der Waals surface area contributed by atoms with Crippen LogP contribution in [-0.2, 0) is 11.3 Å². The zero-order valence-electron chi connectivity index (χ0n) is 19.9. The first-order valence-electron chi connectivity index (χ1n) is 11.7. The van der Waals surface area contributed by atoms with E-state index in [1.54, 1.807) is 0 Å². The molecule has 0 unspecified atom stereocenters. The van der Waals surface area contributed by atoms with Crippen molar-refractivity contribution in [3.63, 3.8) is 0 Å². The first kappa shape index (κ1) is 24.0. The number of benzene rings is 2. The molecule has 1 amide bonds. The number of rotatable bonds is 7. The highest BCUT2D eigenvalue weighted by Gasteiger charge is 2.20. The highest BCUT2D eigenvalue weighted by Crippen LogP contribution is 2.32. The van der Waals surface area contributed by atoms with Crippen LogP contribution in [0.2, 0.25) is 0 Å². The lowest BCUT2D eigenvalue weighted by atomic mass is 9.92. The van der Waals surface area contributed by atoms with E-state index in [1.807, 2.05) is 24.3 Å². The van der Waals surface area contributed by atoms with Crippen LogP contribution < -0.4 is 5.32 Å². The molecule has 170 valence electrons. The normalized spacial score (nSPS) is 15.5. The van der Waals surface area contributed by atoms with E-state index in [1.165, 1.54) is 16.7 Å². The molecule has 0 bridgehead atoms. The second-order valence-corrected chi connectivity index (χ2v) is 9.38. The maximum absolute atomic E-state index is 13.0. The number of nitrogens with zero attached hydrogens (tertiary/aromatic N) is 3. The Morgan fingerprint density at radius 1 is 0.938 bits per heavy atom.